The van der Waals surface area contributed by atoms with E-state index >= 15 is 0 Å². The molecule has 2 atom stereocenters. The molecule has 0 rings (SSSR count). The summed E-state index contributed by atoms with van der Waals surface area (Å²) in [6.07, 6.45) is 0.796. The third kappa shape index (κ3) is 7.14. The van der Waals surface area contributed by atoms with Crippen LogP contribution >= 0.6 is 0 Å². The smallest absolute Gasteiger partial charge is 0.121 e. The van der Waals surface area contributed by atoms with Crippen molar-refractivity contribution in [1.29, 1.82) is 0 Å². The highest BCUT2D eigenvalue weighted by molar-refractivity contribution is 4.50. The van der Waals surface area contributed by atoms with Gasteiger partial charge in [0.25, 0.3) is 0 Å². The SMILES string of the molecule is CC(CC[N+](C)(C)O)[N+](C)(O)CCN(C)C. The molecule has 0 fully saturated rings. The molecular formula is C11H29N3O2+2. The highest BCUT2D eigenvalue weighted by Gasteiger charge is 2.29. The van der Waals surface area contributed by atoms with Crippen LogP contribution in [0.1, 0.15) is 13.3 Å². The molecule has 0 aromatic carbocycles. The lowest BCUT2D eigenvalue weighted by Crippen LogP contribution is -2.52. The Kier molecular flexibility index (Phi) is 5.86. The number of hydrogen-bond donors (Lipinski definition) is 2. The fourth-order valence-electron chi connectivity index (χ4n) is 1.40. The first-order valence-electron chi connectivity index (χ1n) is 5.83. The van der Waals surface area contributed by atoms with E-state index < -0.39 is 0 Å². The Morgan fingerprint density at radius 2 is 1.56 bits per heavy atom. The molecule has 0 heterocycles. The van der Waals surface area contributed by atoms with Crippen LogP contribution < -0.4 is 0 Å². The molecule has 0 spiro atoms. The summed E-state index contributed by atoms with van der Waals surface area (Å²) < 4.78 is -0.0315. The van der Waals surface area contributed by atoms with Gasteiger partial charge < -0.3 is 4.90 Å². The normalized spacial score (nSPS) is 18.6. The number of quaternary nitrogens is 2. The van der Waals surface area contributed by atoms with Crippen molar-refractivity contribution < 1.29 is 19.7 Å². The Morgan fingerprint density at radius 3 is 1.94 bits per heavy atom. The van der Waals surface area contributed by atoms with E-state index in [4.69, 9.17) is 0 Å². The Balaban J connectivity index is 4.08. The van der Waals surface area contributed by atoms with Crippen LogP contribution in [0.15, 0.2) is 0 Å². The summed E-state index contributed by atoms with van der Waals surface area (Å²) in [5, 5.41) is 19.8. The van der Waals surface area contributed by atoms with Crippen molar-refractivity contribution in [3.8, 4) is 0 Å². The fourth-order valence-corrected chi connectivity index (χ4v) is 1.40. The zero-order valence-corrected chi connectivity index (χ0v) is 11.6. The molecule has 0 aliphatic rings. The van der Waals surface area contributed by atoms with E-state index in [1.165, 1.54) is 0 Å². The quantitative estimate of drug-likeness (QED) is 0.502. The van der Waals surface area contributed by atoms with Crippen LogP contribution in [0.25, 0.3) is 0 Å². The highest BCUT2D eigenvalue weighted by Crippen LogP contribution is 2.11. The van der Waals surface area contributed by atoms with Crippen molar-refractivity contribution in [2.24, 2.45) is 0 Å². The van der Waals surface area contributed by atoms with Gasteiger partial charge in [-0.05, 0) is 21.0 Å². The molecule has 2 unspecified atom stereocenters. The first kappa shape index (κ1) is 15.8. The standard InChI is InChI=1S/C11H29N3O2/c1-11(7-9-13(4,5)15)14(6,16)10-8-12(2)3/h11,15-16H,7-10H2,1-6H3/q+2. The number of hydroxylamine groups is 6. The Hall–Kier alpha value is -0.200. The molecule has 0 aromatic rings. The molecule has 0 aliphatic heterocycles. The molecular weight excluding hydrogens is 206 g/mol. The van der Waals surface area contributed by atoms with E-state index in [0.29, 0.717) is 13.1 Å². The first-order chi connectivity index (χ1) is 7.04. The van der Waals surface area contributed by atoms with Crippen molar-refractivity contribution in [1.82, 2.24) is 4.90 Å². The lowest BCUT2D eigenvalue weighted by molar-refractivity contribution is -1.11. The van der Waals surface area contributed by atoms with Crippen molar-refractivity contribution in [3.63, 3.8) is 0 Å². The summed E-state index contributed by atoms with van der Waals surface area (Å²) >= 11 is 0. The third-order valence-corrected chi connectivity index (χ3v) is 3.04. The van der Waals surface area contributed by atoms with Gasteiger partial charge in [-0.2, -0.15) is 9.29 Å². The number of nitrogens with zero attached hydrogens (tertiary/aromatic N) is 3. The predicted molar refractivity (Wildman–Crippen MR) is 64.2 cm³/mol. The van der Waals surface area contributed by atoms with Crippen LogP contribution in [0.4, 0.5) is 0 Å². The second kappa shape index (κ2) is 5.93. The molecule has 0 amide bonds. The van der Waals surface area contributed by atoms with Crippen molar-refractivity contribution in [3.05, 3.63) is 0 Å². The van der Waals surface area contributed by atoms with Crippen molar-refractivity contribution in [2.75, 3.05) is 54.9 Å². The minimum Gasteiger partial charge on any atom is -0.304 e. The average molecular weight is 235 g/mol. The number of hydrogen-bond acceptors (Lipinski definition) is 3. The van der Waals surface area contributed by atoms with E-state index in [0.717, 1.165) is 13.0 Å². The second-order valence-electron chi connectivity index (χ2n) is 5.72. The maximum atomic E-state index is 10.3. The number of likely N-dealkylation sites (N-methyl/N-ethyl adjacent to an activating group) is 2. The Bertz CT molecular complexity index is 200. The highest BCUT2D eigenvalue weighted by atomic mass is 16.5. The topological polar surface area (TPSA) is 43.7 Å². The van der Waals surface area contributed by atoms with Crippen molar-refractivity contribution in [2.45, 2.75) is 19.4 Å². The van der Waals surface area contributed by atoms with Crippen LogP contribution in [0.5, 0.6) is 0 Å². The monoisotopic (exact) mass is 235 g/mol. The molecule has 0 radical (unpaired) electrons. The van der Waals surface area contributed by atoms with E-state index in [2.05, 4.69) is 4.90 Å². The molecule has 0 aromatic heterocycles. The largest absolute Gasteiger partial charge is 0.304 e. The maximum Gasteiger partial charge on any atom is 0.121 e. The Labute approximate surface area is 99.6 Å². The molecule has 2 N–H and O–H groups in total. The first-order valence-corrected chi connectivity index (χ1v) is 5.83. The van der Waals surface area contributed by atoms with Gasteiger partial charge in [0.05, 0.1) is 34.1 Å². The maximum absolute atomic E-state index is 10.3. The van der Waals surface area contributed by atoms with Gasteiger partial charge in [-0.25, -0.2) is 10.4 Å². The lowest BCUT2D eigenvalue weighted by Gasteiger charge is -2.33. The van der Waals surface area contributed by atoms with Crippen molar-refractivity contribution >= 4 is 0 Å². The van der Waals surface area contributed by atoms with E-state index in [-0.39, 0.29) is 15.3 Å². The molecule has 0 saturated carbocycles. The molecule has 98 valence electrons. The summed E-state index contributed by atoms with van der Waals surface area (Å²) in [5.74, 6) is 0. The zero-order valence-electron chi connectivity index (χ0n) is 11.6. The summed E-state index contributed by atoms with van der Waals surface area (Å²) in [6, 6.07) is 0.129. The van der Waals surface area contributed by atoms with Gasteiger partial charge in [-0.15, -0.1) is 0 Å². The van der Waals surface area contributed by atoms with Gasteiger partial charge in [-0.1, -0.05) is 0 Å². The molecule has 16 heavy (non-hydrogen) atoms. The molecule has 0 aliphatic carbocycles. The van der Waals surface area contributed by atoms with Gasteiger partial charge in [-0.3, -0.25) is 0 Å². The van der Waals surface area contributed by atoms with E-state index in [9.17, 15) is 10.4 Å². The van der Waals surface area contributed by atoms with Crippen LogP contribution in [0.3, 0.4) is 0 Å². The molecule has 5 nitrogen and oxygen atoms in total. The summed E-state index contributed by atoms with van der Waals surface area (Å²) in [5.41, 5.74) is 0. The van der Waals surface area contributed by atoms with Gasteiger partial charge in [0.1, 0.15) is 19.1 Å². The fraction of sp³-hybridized carbons (Fsp3) is 1.00. The average Bonchev–Trinajstić information content (AvgIpc) is 2.09. The van der Waals surface area contributed by atoms with Crippen LogP contribution in [-0.2, 0) is 0 Å². The van der Waals surface area contributed by atoms with E-state index in [1.54, 1.807) is 14.1 Å². The minimum atomic E-state index is -0.0436. The van der Waals surface area contributed by atoms with E-state index in [1.807, 2.05) is 28.1 Å². The molecule has 0 bridgehead atoms. The second-order valence-corrected chi connectivity index (χ2v) is 5.72. The third-order valence-electron chi connectivity index (χ3n) is 3.04. The van der Waals surface area contributed by atoms with Gasteiger partial charge >= 0.3 is 0 Å². The molecule has 5 heteroatoms. The van der Waals surface area contributed by atoms with Gasteiger partial charge in [0.2, 0.25) is 0 Å². The summed E-state index contributed by atoms with van der Waals surface area (Å²) in [7, 11) is 9.31. The zero-order chi connectivity index (χ0) is 13.0. The predicted octanol–water partition coefficient (Wildman–Crippen LogP) is 0.628. The summed E-state index contributed by atoms with van der Waals surface area (Å²) in [4.78, 5) is 2.06. The lowest BCUT2D eigenvalue weighted by atomic mass is 10.2. The molecule has 0 saturated heterocycles. The number of rotatable bonds is 7. The minimum absolute atomic E-state index is 0.0121. The van der Waals surface area contributed by atoms with Crippen LogP contribution in [-0.4, -0.2) is 85.5 Å². The Morgan fingerprint density at radius 1 is 1.06 bits per heavy atom. The van der Waals surface area contributed by atoms with Gasteiger partial charge in [0.15, 0.2) is 0 Å². The summed E-state index contributed by atoms with van der Waals surface area (Å²) in [6.45, 7) is 4.23. The van der Waals surface area contributed by atoms with Gasteiger partial charge in [0, 0.05) is 0 Å². The van der Waals surface area contributed by atoms with Crippen LogP contribution in [0.2, 0.25) is 0 Å². The van der Waals surface area contributed by atoms with Crippen LogP contribution in [0, 0.1) is 0 Å².